The second-order valence-corrected chi connectivity index (χ2v) is 6.96. The molecular formula is C18H25NO4. The SMILES string of the molecule is CCOc1ccc(N2C(=O)[C@H]([C@@H](C)O)[C@H]2C(=O)C(C)(C)C)cc1. The van der Waals surface area contributed by atoms with Gasteiger partial charge in [-0.1, -0.05) is 20.8 Å². The summed E-state index contributed by atoms with van der Waals surface area (Å²) in [5, 5.41) is 9.89. The molecule has 1 heterocycles. The molecule has 126 valence electrons. The van der Waals surface area contributed by atoms with E-state index < -0.39 is 23.5 Å². The number of anilines is 1. The van der Waals surface area contributed by atoms with Crippen LogP contribution in [0, 0.1) is 11.3 Å². The second-order valence-electron chi connectivity index (χ2n) is 6.96. The minimum absolute atomic E-state index is 0.0446. The zero-order valence-corrected chi connectivity index (χ0v) is 14.4. The number of amides is 1. The van der Waals surface area contributed by atoms with Gasteiger partial charge in [-0.3, -0.25) is 9.59 Å². The van der Waals surface area contributed by atoms with Crippen LogP contribution in [0.2, 0.25) is 0 Å². The maximum absolute atomic E-state index is 12.7. The zero-order valence-electron chi connectivity index (χ0n) is 14.4. The first-order chi connectivity index (χ1) is 10.7. The molecule has 0 bridgehead atoms. The molecule has 1 saturated heterocycles. The summed E-state index contributed by atoms with van der Waals surface area (Å²) in [6.07, 6.45) is -0.849. The molecule has 1 amide bonds. The Morgan fingerprint density at radius 3 is 2.30 bits per heavy atom. The third kappa shape index (κ3) is 3.24. The van der Waals surface area contributed by atoms with Crippen molar-refractivity contribution in [1.29, 1.82) is 0 Å². The normalized spacial score (nSPS) is 22.5. The van der Waals surface area contributed by atoms with Gasteiger partial charge in [-0.2, -0.15) is 0 Å². The molecule has 0 unspecified atom stereocenters. The lowest BCUT2D eigenvalue weighted by Gasteiger charge is -2.49. The Hall–Kier alpha value is -1.88. The molecule has 0 aromatic heterocycles. The number of hydrogen-bond donors (Lipinski definition) is 1. The fourth-order valence-electron chi connectivity index (χ4n) is 2.86. The number of carbonyl (C=O) groups is 2. The minimum Gasteiger partial charge on any atom is -0.494 e. The average Bonchev–Trinajstić information content (AvgIpc) is 2.44. The Morgan fingerprint density at radius 2 is 1.87 bits per heavy atom. The van der Waals surface area contributed by atoms with Gasteiger partial charge in [0, 0.05) is 11.1 Å². The highest BCUT2D eigenvalue weighted by molar-refractivity contribution is 6.13. The first-order valence-corrected chi connectivity index (χ1v) is 7.96. The summed E-state index contributed by atoms with van der Waals surface area (Å²) in [6.45, 7) is 9.51. The van der Waals surface area contributed by atoms with Crippen molar-refractivity contribution in [3.05, 3.63) is 24.3 Å². The number of nitrogens with zero attached hydrogens (tertiary/aromatic N) is 1. The van der Waals surface area contributed by atoms with Gasteiger partial charge in [0.15, 0.2) is 5.78 Å². The number of hydrogen-bond acceptors (Lipinski definition) is 4. The number of aliphatic hydroxyl groups is 1. The van der Waals surface area contributed by atoms with Gasteiger partial charge in [-0.15, -0.1) is 0 Å². The van der Waals surface area contributed by atoms with Crippen LogP contribution < -0.4 is 9.64 Å². The standard InChI is InChI=1S/C18H25NO4/c1-6-23-13-9-7-12(8-10-13)19-15(16(21)18(3,4)5)14(11(2)20)17(19)22/h7-11,14-15,20H,6H2,1-5H3/t11-,14-,15+/m1/s1. The molecule has 5 nitrogen and oxygen atoms in total. The third-order valence-electron chi connectivity index (χ3n) is 4.09. The molecule has 0 radical (unpaired) electrons. The van der Waals surface area contributed by atoms with Crippen LogP contribution >= 0.6 is 0 Å². The Morgan fingerprint density at radius 1 is 1.30 bits per heavy atom. The fourth-order valence-corrected chi connectivity index (χ4v) is 2.86. The van der Waals surface area contributed by atoms with Crippen LogP contribution in [0.25, 0.3) is 0 Å². The van der Waals surface area contributed by atoms with Crippen LogP contribution in [0.4, 0.5) is 5.69 Å². The predicted molar refractivity (Wildman–Crippen MR) is 88.5 cm³/mol. The molecule has 23 heavy (non-hydrogen) atoms. The van der Waals surface area contributed by atoms with E-state index in [9.17, 15) is 14.7 Å². The van der Waals surface area contributed by atoms with Crippen molar-refractivity contribution in [2.45, 2.75) is 46.8 Å². The van der Waals surface area contributed by atoms with Crippen LogP contribution in [0.5, 0.6) is 5.75 Å². The van der Waals surface area contributed by atoms with E-state index in [4.69, 9.17) is 4.74 Å². The highest BCUT2D eigenvalue weighted by Crippen LogP contribution is 2.39. The number of β-lactam (4-membered cyclic amide) rings is 1. The summed E-state index contributed by atoms with van der Waals surface area (Å²) < 4.78 is 5.40. The molecule has 1 aromatic rings. The maximum Gasteiger partial charge on any atom is 0.235 e. The summed E-state index contributed by atoms with van der Waals surface area (Å²) in [4.78, 5) is 26.7. The Labute approximate surface area is 137 Å². The summed E-state index contributed by atoms with van der Waals surface area (Å²) in [5.41, 5.74) is 0.0696. The Bertz CT molecular complexity index is 586. The van der Waals surface area contributed by atoms with E-state index in [2.05, 4.69) is 0 Å². The average molecular weight is 319 g/mol. The molecule has 1 aliphatic rings. The van der Waals surface area contributed by atoms with E-state index in [0.717, 1.165) is 5.75 Å². The quantitative estimate of drug-likeness (QED) is 0.846. The van der Waals surface area contributed by atoms with E-state index in [0.29, 0.717) is 12.3 Å². The van der Waals surface area contributed by atoms with Gasteiger partial charge in [-0.25, -0.2) is 0 Å². The number of rotatable bonds is 5. The van der Waals surface area contributed by atoms with E-state index >= 15 is 0 Å². The molecule has 0 aliphatic carbocycles. The zero-order chi connectivity index (χ0) is 17.4. The predicted octanol–water partition coefficient (Wildman–Crippen LogP) is 2.41. The number of aliphatic hydroxyl groups excluding tert-OH is 1. The molecule has 1 fully saturated rings. The van der Waals surface area contributed by atoms with Crippen molar-refractivity contribution in [3.8, 4) is 5.75 Å². The lowest BCUT2D eigenvalue weighted by atomic mass is 9.73. The highest BCUT2D eigenvalue weighted by Gasteiger charge is 2.55. The number of ether oxygens (including phenoxy) is 1. The van der Waals surface area contributed by atoms with Gasteiger partial charge >= 0.3 is 0 Å². The summed E-state index contributed by atoms with van der Waals surface area (Å²) in [7, 11) is 0. The van der Waals surface area contributed by atoms with Crippen molar-refractivity contribution in [3.63, 3.8) is 0 Å². The van der Waals surface area contributed by atoms with Gasteiger partial charge in [0.05, 0.1) is 18.6 Å². The number of benzene rings is 1. The lowest BCUT2D eigenvalue weighted by Crippen LogP contribution is -2.69. The number of Topliss-reactive ketones (excluding diaryl/α,β-unsaturated/α-hetero) is 1. The first-order valence-electron chi connectivity index (χ1n) is 7.96. The lowest BCUT2D eigenvalue weighted by molar-refractivity contribution is -0.145. The summed E-state index contributed by atoms with van der Waals surface area (Å²) in [6, 6.07) is 6.47. The van der Waals surface area contributed by atoms with Crippen LogP contribution in [-0.4, -0.2) is 35.5 Å². The highest BCUT2D eigenvalue weighted by atomic mass is 16.5. The molecule has 5 heteroatoms. The molecule has 0 saturated carbocycles. The largest absolute Gasteiger partial charge is 0.494 e. The first kappa shape index (κ1) is 17.5. The van der Waals surface area contributed by atoms with Crippen molar-refractivity contribution < 1.29 is 19.4 Å². The maximum atomic E-state index is 12.7. The summed E-state index contributed by atoms with van der Waals surface area (Å²) >= 11 is 0. The Kier molecular flexibility index (Phi) is 4.80. The summed E-state index contributed by atoms with van der Waals surface area (Å²) in [5.74, 6) is -0.216. The third-order valence-corrected chi connectivity index (χ3v) is 4.09. The van der Waals surface area contributed by atoms with Crippen molar-refractivity contribution in [1.82, 2.24) is 0 Å². The van der Waals surface area contributed by atoms with Gasteiger partial charge < -0.3 is 14.7 Å². The fraction of sp³-hybridized carbons (Fsp3) is 0.556. The van der Waals surface area contributed by atoms with Gasteiger partial charge in [0.2, 0.25) is 5.91 Å². The molecule has 1 aromatic carbocycles. The molecule has 0 spiro atoms. The van der Waals surface area contributed by atoms with Crippen LogP contribution in [-0.2, 0) is 9.59 Å². The van der Waals surface area contributed by atoms with E-state index in [-0.39, 0.29) is 11.7 Å². The van der Waals surface area contributed by atoms with Gasteiger partial charge in [0.1, 0.15) is 11.8 Å². The second kappa shape index (κ2) is 6.32. The smallest absolute Gasteiger partial charge is 0.235 e. The molecule has 1 N–H and O–H groups in total. The monoisotopic (exact) mass is 319 g/mol. The molecule has 3 atom stereocenters. The van der Waals surface area contributed by atoms with Gasteiger partial charge in [-0.05, 0) is 38.1 Å². The molecule has 2 rings (SSSR count). The van der Waals surface area contributed by atoms with Crippen LogP contribution in [0.15, 0.2) is 24.3 Å². The van der Waals surface area contributed by atoms with Crippen LogP contribution in [0.1, 0.15) is 34.6 Å². The van der Waals surface area contributed by atoms with E-state index in [1.807, 2.05) is 27.7 Å². The Balaban J connectivity index is 2.32. The topological polar surface area (TPSA) is 66.8 Å². The van der Waals surface area contributed by atoms with E-state index in [1.165, 1.54) is 4.90 Å². The van der Waals surface area contributed by atoms with Gasteiger partial charge in [0.25, 0.3) is 0 Å². The molecule has 1 aliphatic heterocycles. The van der Waals surface area contributed by atoms with Crippen molar-refractivity contribution in [2.75, 3.05) is 11.5 Å². The minimum atomic E-state index is -0.849. The van der Waals surface area contributed by atoms with Crippen molar-refractivity contribution in [2.24, 2.45) is 11.3 Å². The molecular weight excluding hydrogens is 294 g/mol. The number of carbonyl (C=O) groups excluding carboxylic acids is 2. The van der Waals surface area contributed by atoms with Crippen LogP contribution in [0.3, 0.4) is 0 Å². The van der Waals surface area contributed by atoms with Crippen molar-refractivity contribution >= 4 is 17.4 Å². The van der Waals surface area contributed by atoms with E-state index in [1.54, 1.807) is 31.2 Å². The number of ketones is 1.